The number of carbonyl (C=O) groups is 1. The summed E-state index contributed by atoms with van der Waals surface area (Å²) in [5.74, 6) is 0.207. The zero-order chi connectivity index (χ0) is 14.0. The average Bonchev–Trinajstić information content (AvgIpc) is 2.86. The van der Waals surface area contributed by atoms with Crippen LogP contribution in [0.5, 0.6) is 0 Å². The molecule has 1 aliphatic rings. The largest absolute Gasteiger partial charge is 0.297 e. The lowest BCUT2D eigenvalue weighted by molar-refractivity contribution is -0.128. The molecule has 2 rings (SSSR count). The van der Waals surface area contributed by atoms with Gasteiger partial charge in [0.25, 0.3) is 0 Å². The lowest BCUT2D eigenvalue weighted by Gasteiger charge is -2.34. The van der Waals surface area contributed by atoms with E-state index < -0.39 is 5.54 Å². The summed E-state index contributed by atoms with van der Waals surface area (Å²) in [6, 6.07) is 5.30. The van der Waals surface area contributed by atoms with E-state index in [-0.39, 0.29) is 5.78 Å². The monoisotopic (exact) mass is 299 g/mol. The molecule has 1 saturated heterocycles. The first-order chi connectivity index (χ1) is 8.91. The van der Waals surface area contributed by atoms with Crippen LogP contribution in [-0.4, -0.2) is 29.3 Å². The molecule has 1 aromatic rings. The molecule has 1 fully saturated rings. The summed E-state index contributed by atoms with van der Waals surface area (Å²) < 4.78 is 0. The Kier molecular flexibility index (Phi) is 4.54. The number of rotatable bonds is 4. The zero-order valence-electron chi connectivity index (χ0n) is 11.4. The van der Waals surface area contributed by atoms with Crippen LogP contribution >= 0.6 is 23.2 Å². The number of halogens is 2. The Balaban J connectivity index is 2.11. The fourth-order valence-corrected chi connectivity index (χ4v) is 2.98. The molecule has 1 aromatic carbocycles. The van der Waals surface area contributed by atoms with E-state index in [4.69, 9.17) is 23.2 Å². The first-order valence-electron chi connectivity index (χ1n) is 6.63. The summed E-state index contributed by atoms with van der Waals surface area (Å²) in [6.07, 6.45) is 2.72. The molecule has 19 heavy (non-hydrogen) atoms. The van der Waals surface area contributed by atoms with Crippen molar-refractivity contribution in [1.29, 1.82) is 0 Å². The molecule has 0 atom stereocenters. The van der Waals surface area contributed by atoms with Crippen LogP contribution in [0.4, 0.5) is 0 Å². The average molecular weight is 300 g/mol. The van der Waals surface area contributed by atoms with Gasteiger partial charge < -0.3 is 0 Å². The molecule has 0 spiro atoms. The minimum absolute atomic E-state index is 0.207. The number of ketones is 1. The molecule has 0 aromatic heterocycles. The fourth-order valence-electron chi connectivity index (χ4n) is 2.51. The highest BCUT2D eigenvalue weighted by Gasteiger charge is 2.35. The summed E-state index contributed by atoms with van der Waals surface area (Å²) in [5.41, 5.74) is 0.433. The van der Waals surface area contributed by atoms with Gasteiger partial charge in [-0.3, -0.25) is 9.69 Å². The third kappa shape index (κ3) is 3.31. The molecule has 1 aliphatic heterocycles. The predicted octanol–water partition coefficient (Wildman–Crippen LogP) is 3.98. The lowest BCUT2D eigenvalue weighted by Crippen LogP contribution is -2.49. The van der Waals surface area contributed by atoms with Crippen LogP contribution in [0.25, 0.3) is 0 Å². The Morgan fingerprint density at radius 2 is 1.89 bits per heavy atom. The van der Waals surface area contributed by atoms with Crippen molar-refractivity contribution in [1.82, 2.24) is 4.90 Å². The van der Waals surface area contributed by atoms with E-state index in [1.54, 1.807) is 12.1 Å². The Morgan fingerprint density at radius 3 is 2.47 bits per heavy atom. The molecule has 0 unspecified atom stereocenters. The second kappa shape index (κ2) is 5.82. The molecule has 0 radical (unpaired) electrons. The maximum atomic E-state index is 12.5. The summed E-state index contributed by atoms with van der Waals surface area (Å²) >= 11 is 12.0. The molecule has 1 heterocycles. The second-order valence-corrected chi connectivity index (χ2v) is 6.43. The number of hydrogen-bond donors (Lipinski definition) is 0. The van der Waals surface area contributed by atoms with E-state index in [0.29, 0.717) is 16.5 Å². The number of Topliss-reactive ketones (excluding diaryl/α,β-unsaturated/α-hetero) is 1. The molecule has 4 heteroatoms. The van der Waals surface area contributed by atoms with E-state index in [1.165, 1.54) is 12.8 Å². The van der Waals surface area contributed by atoms with Crippen LogP contribution in [0.1, 0.15) is 32.3 Å². The van der Waals surface area contributed by atoms with Crippen molar-refractivity contribution in [2.75, 3.05) is 13.1 Å². The van der Waals surface area contributed by atoms with E-state index in [9.17, 15) is 4.79 Å². The molecule has 0 aliphatic carbocycles. The van der Waals surface area contributed by atoms with Gasteiger partial charge in [0, 0.05) is 16.5 Å². The Labute approximate surface area is 124 Å². The summed E-state index contributed by atoms with van der Waals surface area (Å²) in [4.78, 5) is 14.8. The molecule has 0 bridgehead atoms. The summed E-state index contributed by atoms with van der Waals surface area (Å²) in [5, 5.41) is 1.16. The van der Waals surface area contributed by atoms with Gasteiger partial charge in [0.1, 0.15) is 0 Å². The second-order valence-electron chi connectivity index (χ2n) is 5.59. The van der Waals surface area contributed by atoms with Gasteiger partial charge in [-0.05, 0) is 57.5 Å². The van der Waals surface area contributed by atoms with Crippen LogP contribution in [0.15, 0.2) is 18.2 Å². The van der Waals surface area contributed by atoms with Crippen molar-refractivity contribution in [3.8, 4) is 0 Å². The lowest BCUT2D eigenvalue weighted by atomic mass is 9.92. The minimum atomic E-state index is -0.417. The van der Waals surface area contributed by atoms with Crippen LogP contribution in [0.2, 0.25) is 10.0 Å². The van der Waals surface area contributed by atoms with Gasteiger partial charge in [0.15, 0.2) is 5.78 Å². The Morgan fingerprint density at radius 1 is 1.26 bits per heavy atom. The Hall–Kier alpha value is -0.570. The minimum Gasteiger partial charge on any atom is -0.297 e. The van der Waals surface area contributed by atoms with Gasteiger partial charge >= 0.3 is 0 Å². The van der Waals surface area contributed by atoms with Crippen LogP contribution in [-0.2, 0) is 11.2 Å². The SMILES string of the molecule is CC(C)(C(=O)Cc1ccc(Cl)cc1Cl)N1CCCC1. The maximum Gasteiger partial charge on any atom is 0.156 e. The van der Waals surface area contributed by atoms with E-state index in [0.717, 1.165) is 18.7 Å². The van der Waals surface area contributed by atoms with Crippen molar-refractivity contribution in [3.63, 3.8) is 0 Å². The van der Waals surface area contributed by atoms with E-state index in [2.05, 4.69) is 4.90 Å². The molecule has 0 saturated carbocycles. The number of likely N-dealkylation sites (tertiary alicyclic amines) is 1. The van der Waals surface area contributed by atoms with Crippen LogP contribution in [0, 0.1) is 0 Å². The van der Waals surface area contributed by atoms with Gasteiger partial charge in [-0.1, -0.05) is 29.3 Å². The maximum absolute atomic E-state index is 12.5. The molecule has 104 valence electrons. The van der Waals surface area contributed by atoms with Crippen LogP contribution in [0.3, 0.4) is 0 Å². The molecule has 0 amide bonds. The van der Waals surface area contributed by atoms with E-state index >= 15 is 0 Å². The molecule has 0 N–H and O–H groups in total. The third-order valence-corrected chi connectivity index (χ3v) is 4.53. The van der Waals surface area contributed by atoms with E-state index in [1.807, 2.05) is 19.9 Å². The normalized spacial score (nSPS) is 16.8. The molecular weight excluding hydrogens is 281 g/mol. The molecule has 2 nitrogen and oxygen atoms in total. The number of nitrogens with zero attached hydrogens (tertiary/aromatic N) is 1. The zero-order valence-corrected chi connectivity index (χ0v) is 12.9. The van der Waals surface area contributed by atoms with Crippen molar-refractivity contribution >= 4 is 29.0 Å². The first-order valence-corrected chi connectivity index (χ1v) is 7.39. The van der Waals surface area contributed by atoms with Gasteiger partial charge in [0.2, 0.25) is 0 Å². The van der Waals surface area contributed by atoms with Gasteiger partial charge in [0.05, 0.1) is 5.54 Å². The van der Waals surface area contributed by atoms with Crippen molar-refractivity contribution in [2.45, 2.75) is 38.6 Å². The standard InChI is InChI=1S/C15H19Cl2NO/c1-15(2,18-7-3-4-8-18)14(19)9-11-5-6-12(16)10-13(11)17/h5-6,10H,3-4,7-9H2,1-2H3. The predicted molar refractivity (Wildman–Crippen MR) is 80.1 cm³/mol. The van der Waals surface area contributed by atoms with Crippen molar-refractivity contribution in [3.05, 3.63) is 33.8 Å². The summed E-state index contributed by atoms with van der Waals surface area (Å²) in [7, 11) is 0. The van der Waals surface area contributed by atoms with Gasteiger partial charge in [-0.15, -0.1) is 0 Å². The topological polar surface area (TPSA) is 20.3 Å². The van der Waals surface area contributed by atoms with Crippen molar-refractivity contribution < 1.29 is 4.79 Å². The Bertz CT molecular complexity index is 479. The quantitative estimate of drug-likeness (QED) is 0.838. The van der Waals surface area contributed by atoms with Crippen LogP contribution < -0.4 is 0 Å². The van der Waals surface area contributed by atoms with Gasteiger partial charge in [-0.2, -0.15) is 0 Å². The summed E-state index contributed by atoms with van der Waals surface area (Å²) in [6.45, 7) is 6.02. The van der Waals surface area contributed by atoms with Crippen molar-refractivity contribution in [2.24, 2.45) is 0 Å². The number of hydrogen-bond acceptors (Lipinski definition) is 2. The smallest absolute Gasteiger partial charge is 0.156 e. The fraction of sp³-hybridized carbons (Fsp3) is 0.533. The molecular formula is C15H19Cl2NO. The number of benzene rings is 1. The first kappa shape index (κ1) is 14.8. The highest BCUT2D eigenvalue weighted by atomic mass is 35.5. The highest BCUT2D eigenvalue weighted by Crippen LogP contribution is 2.26. The van der Waals surface area contributed by atoms with Gasteiger partial charge in [-0.25, -0.2) is 0 Å². The third-order valence-electron chi connectivity index (χ3n) is 3.95. The highest BCUT2D eigenvalue weighted by molar-refractivity contribution is 6.35. The number of carbonyl (C=O) groups excluding carboxylic acids is 1.